The van der Waals surface area contributed by atoms with E-state index in [2.05, 4.69) is 22.4 Å². The molecule has 1 aromatic carbocycles. The van der Waals surface area contributed by atoms with Gasteiger partial charge in [-0.1, -0.05) is 12.1 Å². The summed E-state index contributed by atoms with van der Waals surface area (Å²) in [5.41, 5.74) is 4.40. The summed E-state index contributed by atoms with van der Waals surface area (Å²) in [5.74, 6) is 1.80. The smallest absolute Gasteiger partial charge is 0.128 e. The molecule has 0 aliphatic rings. The largest absolute Gasteiger partial charge is 0.497 e. The summed E-state index contributed by atoms with van der Waals surface area (Å²) in [6.45, 7) is 5.56. The predicted molar refractivity (Wildman–Crippen MR) is 83.8 cm³/mol. The maximum atomic E-state index is 5.42. The van der Waals surface area contributed by atoms with Crippen LogP contribution in [0.2, 0.25) is 0 Å². The number of ether oxygens (including phenoxy) is 2. The van der Waals surface area contributed by atoms with Gasteiger partial charge in [0.05, 0.1) is 19.9 Å². The van der Waals surface area contributed by atoms with Crippen LogP contribution in [-0.4, -0.2) is 19.2 Å². The highest BCUT2D eigenvalue weighted by Gasteiger charge is 2.08. The van der Waals surface area contributed by atoms with Crippen molar-refractivity contribution in [2.24, 2.45) is 0 Å². The Kier molecular flexibility index (Phi) is 5.17. The summed E-state index contributed by atoms with van der Waals surface area (Å²) in [6, 6.07) is 8.05. The van der Waals surface area contributed by atoms with Crippen LogP contribution in [0, 0.1) is 13.8 Å². The zero-order valence-electron chi connectivity index (χ0n) is 13.1. The van der Waals surface area contributed by atoms with Gasteiger partial charge in [-0.15, -0.1) is 0 Å². The molecule has 21 heavy (non-hydrogen) atoms. The molecule has 1 heterocycles. The van der Waals surface area contributed by atoms with Gasteiger partial charge in [0.2, 0.25) is 0 Å². The van der Waals surface area contributed by atoms with Crippen molar-refractivity contribution in [1.82, 2.24) is 10.3 Å². The van der Waals surface area contributed by atoms with Crippen molar-refractivity contribution in [3.05, 3.63) is 52.8 Å². The van der Waals surface area contributed by atoms with E-state index in [-0.39, 0.29) is 0 Å². The second kappa shape index (κ2) is 7.09. The Balaban J connectivity index is 1.97. The predicted octanol–water partition coefficient (Wildman–Crippen LogP) is 3.01. The van der Waals surface area contributed by atoms with Crippen molar-refractivity contribution in [2.75, 3.05) is 14.2 Å². The zero-order chi connectivity index (χ0) is 15.2. The first-order valence-corrected chi connectivity index (χ1v) is 6.98. The van der Waals surface area contributed by atoms with Crippen molar-refractivity contribution in [1.29, 1.82) is 0 Å². The molecule has 0 unspecified atom stereocenters. The highest BCUT2D eigenvalue weighted by Crippen LogP contribution is 2.23. The number of aryl methyl sites for hydroxylation is 1. The summed E-state index contributed by atoms with van der Waals surface area (Å²) >= 11 is 0. The standard InChI is InChI=1S/C17H22N2O2/c1-12-9-19-16(13(2)17(12)21-4)11-18-10-14-5-7-15(20-3)8-6-14/h5-9,18H,10-11H2,1-4H3. The Labute approximate surface area is 126 Å². The maximum Gasteiger partial charge on any atom is 0.128 e. The Morgan fingerprint density at radius 2 is 1.71 bits per heavy atom. The van der Waals surface area contributed by atoms with Crippen molar-refractivity contribution in [2.45, 2.75) is 26.9 Å². The number of rotatable bonds is 6. The third-order valence-electron chi connectivity index (χ3n) is 3.53. The molecule has 112 valence electrons. The van der Waals surface area contributed by atoms with Gasteiger partial charge in [-0.3, -0.25) is 4.98 Å². The van der Waals surface area contributed by atoms with Gasteiger partial charge in [0.15, 0.2) is 0 Å². The molecule has 0 saturated heterocycles. The molecule has 0 spiro atoms. The fourth-order valence-corrected chi connectivity index (χ4v) is 2.32. The number of hydrogen-bond acceptors (Lipinski definition) is 4. The minimum absolute atomic E-state index is 0.717. The molecule has 4 nitrogen and oxygen atoms in total. The second-order valence-electron chi connectivity index (χ2n) is 5.00. The fourth-order valence-electron chi connectivity index (χ4n) is 2.32. The molecule has 1 N–H and O–H groups in total. The van der Waals surface area contributed by atoms with Crippen LogP contribution >= 0.6 is 0 Å². The van der Waals surface area contributed by atoms with Crippen LogP contribution in [0.25, 0.3) is 0 Å². The van der Waals surface area contributed by atoms with E-state index in [4.69, 9.17) is 9.47 Å². The molecule has 0 aliphatic carbocycles. The minimum Gasteiger partial charge on any atom is -0.497 e. The third-order valence-corrected chi connectivity index (χ3v) is 3.53. The van der Waals surface area contributed by atoms with Crippen molar-refractivity contribution >= 4 is 0 Å². The molecular weight excluding hydrogens is 264 g/mol. The van der Waals surface area contributed by atoms with Crippen LogP contribution in [0.3, 0.4) is 0 Å². The first kappa shape index (κ1) is 15.3. The number of nitrogens with one attached hydrogen (secondary N) is 1. The summed E-state index contributed by atoms with van der Waals surface area (Å²) in [7, 11) is 3.37. The first-order chi connectivity index (χ1) is 10.2. The monoisotopic (exact) mass is 286 g/mol. The van der Waals surface area contributed by atoms with Gasteiger partial charge in [-0.2, -0.15) is 0 Å². The number of pyridine rings is 1. The van der Waals surface area contributed by atoms with Gasteiger partial charge >= 0.3 is 0 Å². The lowest BCUT2D eigenvalue weighted by Crippen LogP contribution is -2.15. The minimum atomic E-state index is 0.717. The summed E-state index contributed by atoms with van der Waals surface area (Å²) < 4.78 is 10.6. The number of nitrogens with zero attached hydrogens (tertiary/aromatic N) is 1. The summed E-state index contributed by atoms with van der Waals surface area (Å²) in [5, 5.41) is 3.41. The van der Waals surface area contributed by atoms with Crippen LogP contribution in [-0.2, 0) is 13.1 Å². The molecular formula is C17H22N2O2. The van der Waals surface area contributed by atoms with Gasteiger partial charge < -0.3 is 14.8 Å². The molecule has 2 aromatic rings. The third kappa shape index (κ3) is 3.73. The van der Waals surface area contributed by atoms with Crippen molar-refractivity contribution in [3.8, 4) is 11.5 Å². The molecule has 0 bridgehead atoms. The fraction of sp³-hybridized carbons (Fsp3) is 0.353. The lowest BCUT2D eigenvalue weighted by molar-refractivity contribution is 0.406. The van der Waals surface area contributed by atoms with E-state index in [1.165, 1.54) is 5.56 Å². The zero-order valence-corrected chi connectivity index (χ0v) is 13.1. The van der Waals surface area contributed by atoms with Crippen LogP contribution in [0.15, 0.2) is 30.5 Å². The van der Waals surface area contributed by atoms with Crippen molar-refractivity contribution in [3.63, 3.8) is 0 Å². The molecule has 1 aromatic heterocycles. The normalized spacial score (nSPS) is 10.5. The molecule has 4 heteroatoms. The number of methoxy groups -OCH3 is 2. The topological polar surface area (TPSA) is 43.4 Å². The van der Waals surface area contributed by atoms with Gasteiger partial charge in [-0.05, 0) is 31.5 Å². The van der Waals surface area contributed by atoms with E-state index in [0.29, 0.717) is 6.54 Å². The highest BCUT2D eigenvalue weighted by molar-refractivity contribution is 5.41. The first-order valence-electron chi connectivity index (χ1n) is 6.98. The summed E-state index contributed by atoms with van der Waals surface area (Å²) in [4.78, 5) is 4.48. The second-order valence-corrected chi connectivity index (χ2v) is 5.00. The average Bonchev–Trinajstić information content (AvgIpc) is 2.51. The molecule has 0 saturated carbocycles. The Hall–Kier alpha value is -2.07. The van der Waals surface area contributed by atoms with Crippen LogP contribution < -0.4 is 14.8 Å². The Morgan fingerprint density at radius 3 is 2.33 bits per heavy atom. The SMILES string of the molecule is COc1ccc(CNCc2ncc(C)c(OC)c2C)cc1. The lowest BCUT2D eigenvalue weighted by Gasteiger charge is -2.13. The van der Waals surface area contributed by atoms with E-state index >= 15 is 0 Å². The lowest BCUT2D eigenvalue weighted by atomic mass is 10.1. The Bertz CT molecular complexity index is 594. The van der Waals surface area contributed by atoms with Crippen LogP contribution in [0.4, 0.5) is 0 Å². The molecule has 0 radical (unpaired) electrons. The number of benzene rings is 1. The van der Waals surface area contributed by atoms with Crippen LogP contribution in [0.1, 0.15) is 22.4 Å². The molecule has 0 fully saturated rings. The molecule has 0 aliphatic heterocycles. The van der Waals surface area contributed by atoms with E-state index in [1.54, 1.807) is 14.2 Å². The number of aromatic nitrogens is 1. The van der Waals surface area contributed by atoms with Crippen molar-refractivity contribution < 1.29 is 9.47 Å². The quantitative estimate of drug-likeness (QED) is 0.886. The maximum absolute atomic E-state index is 5.42. The Morgan fingerprint density at radius 1 is 1.00 bits per heavy atom. The molecule has 0 atom stereocenters. The van der Waals surface area contributed by atoms with E-state index in [0.717, 1.165) is 34.9 Å². The van der Waals surface area contributed by atoms with Crippen LogP contribution in [0.5, 0.6) is 11.5 Å². The van der Waals surface area contributed by atoms with Gasteiger partial charge in [0, 0.05) is 30.4 Å². The van der Waals surface area contributed by atoms with Gasteiger partial charge in [0.1, 0.15) is 11.5 Å². The number of hydrogen-bond donors (Lipinski definition) is 1. The average molecular weight is 286 g/mol. The van der Waals surface area contributed by atoms with E-state index in [1.807, 2.05) is 32.2 Å². The van der Waals surface area contributed by atoms with Gasteiger partial charge in [0.25, 0.3) is 0 Å². The molecule has 0 amide bonds. The van der Waals surface area contributed by atoms with Gasteiger partial charge in [-0.25, -0.2) is 0 Å². The molecule has 2 rings (SSSR count). The highest BCUT2D eigenvalue weighted by atomic mass is 16.5. The summed E-state index contributed by atoms with van der Waals surface area (Å²) in [6.07, 6.45) is 1.86. The van der Waals surface area contributed by atoms with E-state index in [9.17, 15) is 0 Å². The van der Waals surface area contributed by atoms with E-state index < -0.39 is 0 Å².